The maximum Gasteiger partial charge on any atom is 0.192 e. The molecule has 0 saturated carbocycles. The van der Waals surface area contributed by atoms with Crippen LogP contribution in [0.4, 0.5) is 5.69 Å². The van der Waals surface area contributed by atoms with E-state index in [2.05, 4.69) is 60.3 Å². The first-order chi connectivity index (χ1) is 11.7. The van der Waals surface area contributed by atoms with E-state index in [1.807, 2.05) is 18.2 Å². The summed E-state index contributed by atoms with van der Waals surface area (Å²) in [6.07, 6.45) is 10.3. The van der Waals surface area contributed by atoms with Crippen LogP contribution in [0, 0.1) is 0 Å². The molecule has 1 aliphatic heterocycles. The van der Waals surface area contributed by atoms with E-state index in [4.69, 9.17) is 0 Å². The number of anilines is 1. The molecule has 4 rings (SSSR count). The van der Waals surface area contributed by atoms with Crippen LogP contribution in [0.2, 0.25) is 0 Å². The zero-order chi connectivity index (χ0) is 17.8. The van der Waals surface area contributed by atoms with Crippen LogP contribution >= 0.6 is 20.9 Å². The summed E-state index contributed by atoms with van der Waals surface area (Å²) < 4.78 is 0. The van der Waals surface area contributed by atoms with Gasteiger partial charge in [0.25, 0.3) is 0 Å². The number of hydrogen-bond acceptors (Lipinski definition) is 3. The molecule has 0 atom stereocenters. The highest BCUT2D eigenvalue weighted by Crippen LogP contribution is 2.60. The number of carbonyl (C=O) groups excluding carboxylic acids is 1. The van der Waals surface area contributed by atoms with Crippen LogP contribution in [0.25, 0.3) is 0 Å². The Balaban J connectivity index is 1.83. The lowest BCUT2D eigenvalue weighted by atomic mass is 10.1. The maximum atomic E-state index is 13.0. The summed E-state index contributed by atoms with van der Waals surface area (Å²) in [5.41, 5.74) is 4.24. The second kappa shape index (κ2) is 5.42. The van der Waals surface area contributed by atoms with Crippen molar-refractivity contribution in [3.8, 4) is 0 Å². The number of nitrogens with zero attached hydrogens (tertiary/aromatic N) is 1. The van der Waals surface area contributed by atoms with Crippen LogP contribution in [-0.4, -0.2) is 36.7 Å². The van der Waals surface area contributed by atoms with Crippen molar-refractivity contribution in [3.63, 3.8) is 0 Å². The van der Waals surface area contributed by atoms with Crippen LogP contribution < -0.4 is 4.90 Å². The van der Waals surface area contributed by atoms with Crippen LogP contribution in [0.15, 0.2) is 64.0 Å². The molecular weight excluding hydrogens is 346 g/mol. The molecule has 2 aromatic rings. The minimum absolute atomic E-state index is 0.204. The van der Waals surface area contributed by atoms with Gasteiger partial charge < -0.3 is 4.90 Å². The molecule has 0 radical (unpaired) electrons. The first-order valence-electron chi connectivity index (χ1n) is 8.59. The predicted molar refractivity (Wildman–Crippen MR) is 114 cm³/mol. The van der Waals surface area contributed by atoms with E-state index in [0.717, 1.165) is 34.0 Å². The monoisotopic (exact) mass is 371 g/mol. The first-order valence-corrected chi connectivity index (χ1v) is 13.6. The van der Waals surface area contributed by atoms with Crippen molar-refractivity contribution in [2.45, 2.75) is 11.3 Å². The van der Waals surface area contributed by atoms with Gasteiger partial charge in [-0.1, -0.05) is 48.2 Å². The summed E-state index contributed by atoms with van der Waals surface area (Å²) in [4.78, 5) is 16.7. The van der Waals surface area contributed by atoms with Gasteiger partial charge in [0, 0.05) is 28.3 Å². The van der Waals surface area contributed by atoms with E-state index in [9.17, 15) is 4.79 Å². The fourth-order valence-corrected chi connectivity index (χ4v) is 6.19. The Morgan fingerprint density at radius 1 is 1.00 bits per heavy atom. The lowest BCUT2D eigenvalue weighted by Crippen LogP contribution is -2.31. The number of Topliss-reactive ketones (excluding diaryl/α,β-unsaturated/α-hetero) is 1. The van der Waals surface area contributed by atoms with Crippen LogP contribution in [-0.2, 0) is 6.42 Å². The Morgan fingerprint density at radius 2 is 1.68 bits per heavy atom. The molecule has 0 N–H and O–H groups in total. The van der Waals surface area contributed by atoms with E-state index >= 15 is 0 Å². The average molecular weight is 372 g/mol. The van der Waals surface area contributed by atoms with Crippen molar-refractivity contribution in [3.05, 3.63) is 70.3 Å². The van der Waals surface area contributed by atoms with Gasteiger partial charge >= 0.3 is 0 Å². The number of para-hydroxylation sites is 1. The number of fused-ring (bicyclic) bond motifs is 2. The third kappa shape index (κ3) is 3.13. The predicted octanol–water partition coefficient (Wildman–Crippen LogP) is 4.80. The Morgan fingerprint density at radius 3 is 2.40 bits per heavy atom. The summed E-state index contributed by atoms with van der Waals surface area (Å²) in [7, 11) is -1.79. The summed E-state index contributed by atoms with van der Waals surface area (Å²) >= 11 is 1.76. The number of thioether (sulfide) groups is 1. The standard InChI is InChI=1S/C21H25NOS2/c1-25(2,3,4)14-22-18-11-7-8-12-19(18)24-21(22)17-13-15-9-5-6-10-16(15)20(17)23/h5-12,25H,13-14H2,1-4H3/b21-17-. The van der Waals surface area contributed by atoms with Crippen molar-refractivity contribution >= 4 is 32.4 Å². The normalized spacial score (nSPS) is 21.0. The third-order valence-electron chi connectivity index (χ3n) is 4.48. The van der Waals surface area contributed by atoms with Crippen LogP contribution in [0.3, 0.4) is 0 Å². The highest BCUT2D eigenvalue weighted by Gasteiger charge is 2.36. The first kappa shape index (κ1) is 16.8. The fraction of sp³-hybridized carbons (Fsp3) is 0.286. The molecule has 2 aliphatic rings. The molecule has 132 valence electrons. The molecule has 0 aromatic heterocycles. The molecule has 0 fully saturated rings. The van der Waals surface area contributed by atoms with Gasteiger partial charge in [0.2, 0.25) is 0 Å². The number of carbonyl (C=O) groups is 1. The van der Waals surface area contributed by atoms with Gasteiger partial charge in [-0.25, -0.2) is 0 Å². The van der Waals surface area contributed by atoms with Gasteiger partial charge in [0.1, 0.15) is 0 Å². The van der Waals surface area contributed by atoms with Gasteiger partial charge in [-0.3, -0.25) is 14.0 Å². The van der Waals surface area contributed by atoms with Gasteiger partial charge in [0.15, 0.2) is 5.78 Å². The quantitative estimate of drug-likeness (QED) is 0.605. The molecule has 1 aliphatic carbocycles. The third-order valence-corrected chi connectivity index (χ3v) is 7.12. The summed E-state index contributed by atoms with van der Waals surface area (Å²) in [6, 6.07) is 16.6. The Kier molecular flexibility index (Phi) is 3.64. The molecule has 0 amide bonds. The molecule has 1 heterocycles. The Hall–Kier alpha value is -1.65. The zero-order valence-electron chi connectivity index (χ0n) is 15.2. The molecule has 0 unspecified atom stereocenters. The molecule has 0 bridgehead atoms. The molecule has 4 heteroatoms. The van der Waals surface area contributed by atoms with E-state index in [0.29, 0.717) is 0 Å². The second-order valence-electron chi connectivity index (χ2n) is 9.03. The summed E-state index contributed by atoms with van der Waals surface area (Å²) in [5, 5.41) is 1.14. The topological polar surface area (TPSA) is 20.3 Å². The lowest BCUT2D eigenvalue weighted by molar-refractivity contribution is 0.103. The maximum absolute atomic E-state index is 13.0. The number of thiol groups is 1. The highest BCUT2D eigenvalue weighted by atomic mass is 32.3. The molecule has 0 spiro atoms. The largest absolute Gasteiger partial charge is 0.328 e. The molecular formula is C21H25NOS2. The van der Waals surface area contributed by atoms with E-state index < -0.39 is 9.16 Å². The smallest absolute Gasteiger partial charge is 0.192 e. The van der Waals surface area contributed by atoms with Crippen LogP contribution in [0.5, 0.6) is 0 Å². The number of hydrogen-bond donors (Lipinski definition) is 1. The zero-order valence-corrected chi connectivity index (χ0v) is 17.0. The van der Waals surface area contributed by atoms with Crippen molar-refractivity contribution in [2.24, 2.45) is 0 Å². The number of allylic oxidation sites excluding steroid dienone is 1. The average Bonchev–Trinajstić information content (AvgIpc) is 3.04. The number of rotatable bonds is 2. The Bertz CT molecular complexity index is 911. The van der Waals surface area contributed by atoms with Gasteiger partial charge in [-0.2, -0.15) is 0 Å². The molecule has 2 nitrogen and oxygen atoms in total. The highest BCUT2D eigenvalue weighted by molar-refractivity contribution is 8.47. The molecule has 25 heavy (non-hydrogen) atoms. The molecule has 2 aromatic carbocycles. The van der Waals surface area contributed by atoms with Crippen molar-refractivity contribution in [1.29, 1.82) is 0 Å². The van der Waals surface area contributed by atoms with Crippen molar-refractivity contribution in [1.82, 2.24) is 0 Å². The SMILES string of the molecule is C[SH](C)(C)(C)CN1/C(=C2\Cc3ccccc3C2=O)Sc2ccccc21. The molecule has 0 saturated heterocycles. The second-order valence-corrected chi connectivity index (χ2v) is 18.2. The van der Waals surface area contributed by atoms with E-state index in [-0.39, 0.29) is 5.78 Å². The van der Waals surface area contributed by atoms with Gasteiger partial charge in [-0.05, 0) is 42.7 Å². The Labute approximate surface area is 154 Å². The lowest BCUT2D eigenvalue weighted by Gasteiger charge is -2.50. The number of benzene rings is 2. The van der Waals surface area contributed by atoms with Crippen molar-refractivity contribution < 1.29 is 4.79 Å². The van der Waals surface area contributed by atoms with Gasteiger partial charge in [-0.15, -0.1) is 0 Å². The summed E-state index contributed by atoms with van der Waals surface area (Å²) in [5.74, 6) is 1.20. The van der Waals surface area contributed by atoms with Crippen molar-refractivity contribution in [2.75, 3.05) is 35.8 Å². The fourth-order valence-electron chi connectivity index (χ4n) is 3.47. The van der Waals surface area contributed by atoms with E-state index in [1.54, 1.807) is 11.8 Å². The minimum atomic E-state index is -1.79. The van der Waals surface area contributed by atoms with Gasteiger partial charge in [0.05, 0.1) is 10.7 Å². The van der Waals surface area contributed by atoms with E-state index in [1.165, 1.54) is 10.6 Å². The number of ketones is 1. The van der Waals surface area contributed by atoms with Crippen LogP contribution in [0.1, 0.15) is 15.9 Å². The minimum Gasteiger partial charge on any atom is -0.328 e. The summed E-state index contributed by atoms with van der Waals surface area (Å²) in [6.45, 7) is 0.